The molecule has 0 spiro atoms. The molecule has 0 bridgehead atoms. The van der Waals surface area contributed by atoms with E-state index in [1.807, 2.05) is 6.08 Å². The van der Waals surface area contributed by atoms with Crippen molar-refractivity contribution in [3.05, 3.63) is 30.9 Å². The number of hydrogen-bond donors (Lipinski definition) is 2. The number of nitrogens with zero attached hydrogens (tertiary/aromatic N) is 1. The summed E-state index contributed by atoms with van der Waals surface area (Å²) in [4.78, 5) is 6.84. The summed E-state index contributed by atoms with van der Waals surface area (Å²) in [7, 11) is 0. The van der Waals surface area contributed by atoms with E-state index >= 15 is 0 Å². The second-order valence-corrected chi connectivity index (χ2v) is 2.71. The van der Waals surface area contributed by atoms with E-state index < -0.39 is 6.10 Å². The lowest BCUT2D eigenvalue weighted by molar-refractivity contribution is 0.156. The second-order valence-electron chi connectivity index (χ2n) is 2.71. The van der Waals surface area contributed by atoms with Gasteiger partial charge in [-0.25, -0.2) is 4.98 Å². The highest BCUT2D eigenvalue weighted by Gasteiger charge is 2.07. The zero-order valence-electron chi connectivity index (χ0n) is 7.03. The van der Waals surface area contributed by atoms with Gasteiger partial charge in [0.2, 0.25) is 0 Å². The third-order valence-electron chi connectivity index (χ3n) is 1.72. The fraction of sp³-hybridized carbons (Fsp3) is 0.444. The van der Waals surface area contributed by atoms with Crippen LogP contribution in [0.3, 0.4) is 0 Å². The number of aliphatic hydroxyl groups excluding tert-OH is 1. The van der Waals surface area contributed by atoms with Crippen molar-refractivity contribution in [3.63, 3.8) is 0 Å². The van der Waals surface area contributed by atoms with Crippen LogP contribution in [0.25, 0.3) is 0 Å². The van der Waals surface area contributed by atoms with Crippen LogP contribution in [-0.4, -0.2) is 15.1 Å². The number of rotatable bonds is 5. The highest BCUT2D eigenvalue weighted by atomic mass is 16.3. The van der Waals surface area contributed by atoms with E-state index in [2.05, 4.69) is 16.5 Å². The number of aromatic nitrogens is 2. The van der Waals surface area contributed by atoms with Gasteiger partial charge in [-0.3, -0.25) is 0 Å². The summed E-state index contributed by atoms with van der Waals surface area (Å²) in [6.45, 7) is 3.62. The molecule has 1 atom stereocenters. The van der Waals surface area contributed by atoms with Crippen LogP contribution in [0.5, 0.6) is 0 Å². The number of aliphatic hydroxyl groups is 1. The maximum Gasteiger partial charge on any atom is 0.134 e. The maximum absolute atomic E-state index is 9.51. The first kappa shape index (κ1) is 9.00. The first-order chi connectivity index (χ1) is 5.84. The van der Waals surface area contributed by atoms with Gasteiger partial charge in [-0.1, -0.05) is 6.08 Å². The molecule has 0 saturated carbocycles. The third kappa shape index (κ3) is 2.51. The van der Waals surface area contributed by atoms with Crippen LogP contribution in [0.15, 0.2) is 25.0 Å². The van der Waals surface area contributed by atoms with Crippen molar-refractivity contribution in [2.24, 2.45) is 0 Å². The molecular formula is C9H14N2O. The Hall–Kier alpha value is -1.09. The molecule has 66 valence electrons. The SMILES string of the molecule is C=CCCCC(O)c1ncc[nH]1. The van der Waals surface area contributed by atoms with Gasteiger partial charge in [-0.2, -0.15) is 0 Å². The first-order valence-corrected chi connectivity index (χ1v) is 4.13. The molecule has 2 N–H and O–H groups in total. The second kappa shape index (κ2) is 4.72. The largest absolute Gasteiger partial charge is 0.385 e. The van der Waals surface area contributed by atoms with E-state index in [0.717, 1.165) is 19.3 Å². The van der Waals surface area contributed by atoms with Crippen molar-refractivity contribution in [2.45, 2.75) is 25.4 Å². The molecule has 0 aliphatic carbocycles. The van der Waals surface area contributed by atoms with Crippen LogP contribution < -0.4 is 0 Å². The Morgan fingerprint density at radius 3 is 3.17 bits per heavy atom. The molecule has 1 aromatic rings. The summed E-state index contributed by atoms with van der Waals surface area (Å²) in [5.74, 6) is 0.652. The van der Waals surface area contributed by atoms with E-state index in [9.17, 15) is 5.11 Å². The van der Waals surface area contributed by atoms with Gasteiger partial charge in [0.15, 0.2) is 0 Å². The molecule has 1 heterocycles. The lowest BCUT2D eigenvalue weighted by Gasteiger charge is -2.05. The highest BCUT2D eigenvalue weighted by molar-refractivity contribution is 4.91. The van der Waals surface area contributed by atoms with Crippen LogP contribution in [0.2, 0.25) is 0 Å². The van der Waals surface area contributed by atoms with Crippen molar-refractivity contribution in [3.8, 4) is 0 Å². The molecule has 0 fully saturated rings. The summed E-state index contributed by atoms with van der Waals surface area (Å²) < 4.78 is 0. The van der Waals surface area contributed by atoms with Crippen LogP contribution in [0.4, 0.5) is 0 Å². The van der Waals surface area contributed by atoms with Crippen LogP contribution in [0, 0.1) is 0 Å². The zero-order chi connectivity index (χ0) is 8.81. The Bertz CT molecular complexity index is 218. The molecule has 3 nitrogen and oxygen atoms in total. The molecular weight excluding hydrogens is 152 g/mol. The van der Waals surface area contributed by atoms with Crippen molar-refractivity contribution < 1.29 is 5.11 Å². The van der Waals surface area contributed by atoms with Gasteiger partial charge in [-0.15, -0.1) is 6.58 Å². The molecule has 0 saturated heterocycles. The minimum atomic E-state index is -0.458. The fourth-order valence-corrected chi connectivity index (χ4v) is 1.05. The lowest BCUT2D eigenvalue weighted by Crippen LogP contribution is -1.99. The van der Waals surface area contributed by atoms with Crippen molar-refractivity contribution in [2.75, 3.05) is 0 Å². The normalized spacial score (nSPS) is 12.8. The molecule has 0 aliphatic rings. The van der Waals surface area contributed by atoms with Crippen LogP contribution in [-0.2, 0) is 0 Å². The van der Waals surface area contributed by atoms with Gasteiger partial charge in [0.25, 0.3) is 0 Å². The molecule has 0 radical (unpaired) electrons. The molecule has 1 rings (SSSR count). The zero-order valence-corrected chi connectivity index (χ0v) is 7.03. The van der Waals surface area contributed by atoms with Crippen molar-refractivity contribution in [1.29, 1.82) is 0 Å². The molecule has 12 heavy (non-hydrogen) atoms. The summed E-state index contributed by atoms with van der Waals surface area (Å²) >= 11 is 0. The molecule has 1 aromatic heterocycles. The lowest BCUT2D eigenvalue weighted by atomic mass is 10.1. The van der Waals surface area contributed by atoms with Crippen molar-refractivity contribution >= 4 is 0 Å². The maximum atomic E-state index is 9.51. The Kier molecular flexibility index (Phi) is 3.54. The summed E-state index contributed by atoms with van der Waals surface area (Å²) in [6, 6.07) is 0. The van der Waals surface area contributed by atoms with E-state index in [4.69, 9.17) is 0 Å². The molecule has 0 amide bonds. The minimum absolute atomic E-state index is 0.458. The third-order valence-corrected chi connectivity index (χ3v) is 1.72. The number of unbranched alkanes of at least 4 members (excludes halogenated alkanes) is 1. The Labute approximate surface area is 72.2 Å². The van der Waals surface area contributed by atoms with Gasteiger partial charge < -0.3 is 10.1 Å². The highest BCUT2D eigenvalue weighted by Crippen LogP contribution is 2.14. The number of imidazole rings is 1. The minimum Gasteiger partial charge on any atom is -0.385 e. The predicted octanol–water partition coefficient (Wildman–Crippen LogP) is 1.80. The first-order valence-electron chi connectivity index (χ1n) is 4.13. The topological polar surface area (TPSA) is 48.9 Å². The van der Waals surface area contributed by atoms with Gasteiger partial charge in [0.1, 0.15) is 11.9 Å². The van der Waals surface area contributed by atoms with E-state index in [0.29, 0.717) is 5.82 Å². The monoisotopic (exact) mass is 166 g/mol. The number of nitrogens with one attached hydrogen (secondary N) is 1. The van der Waals surface area contributed by atoms with Crippen molar-refractivity contribution in [1.82, 2.24) is 9.97 Å². The number of allylic oxidation sites excluding steroid dienone is 1. The van der Waals surface area contributed by atoms with Crippen LogP contribution >= 0.6 is 0 Å². The number of hydrogen-bond acceptors (Lipinski definition) is 2. The Morgan fingerprint density at radius 1 is 1.75 bits per heavy atom. The average molecular weight is 166 g/mol. The quantitative estimate of drug-likeness (QED) is 0.517. The standard InChI is InChI=1S/C9H14N2O/c1-2-3-4-5-8(12)9-10-6-7-11-9/h2,6-8,12H,1,3-5H2,(H,10,11). The van der Waals surface area contributed by atoms with E-state index in [1.54, 1.807) is 12.4 Å². The molecule has 1 unspecified atom stereocenters. The van der Waals surface area contributed by atoms with Gasteiger partial charge in [-0.05, 0) is 19.3 Å². The fourth-order valence-electron chi connectivity index (χ4n) is 1.05. The van der Waals surface area contributed by atoms with Gasteiger partial charge in [0.05, 0.1) is 0 Å². The predicted molar refractivity (Wildman–Crippen MR) is 47.6 cm³/mol. The molecule has 3 heteroatoms. The summed E-state index contributed by atoms with van der Waals surface area (Å²) in [6.07, 6.45) is 7.38. The molecule has 0 aromatic carbocycles. The number of aromatic amines is 1. The van der Waals surface area contributed by atoms with Gasteiger partial charge >= 0.3 is 0 Å². The Balaban J connectivity index is 2.29. The summed E-state index contributed by atoms with van der Waals surface area (Å²) in [5.41, 5.74) is 0. The van der Waals surface area contributed by atoms with E-state index in [-0.39, 0.29) is 0 Å². The smallest absolute Gasteiger partial charge is 0.134 e. The number of H-pyrrole nitrogens is 1. The average Bonchev–Trinajstić information content (AvgIpc) is 2.56. The Morgan fingerprint density at radius 2 is 2.58 bits per heavy atom. The summed E-state index contributed by atoms with van der Waals surface area (Å²) in [5, 5.41) is 9.51. The van der Waals surface area contributed by atoms with Crippen LogP contribution in [0.1, 0.15) is 31.2 Å². The van der Waals surface area contributed by atoms with E-state index in [1.165, 1.54) is 0 Å². The molecule has 0 aliphatic heterocycles. The van der Waals surface area contributed by atoms with Gasteiger partial charge in [0, 0.05) is 12.4 Å².